The maximum Gasteiger partial charge on any atom is 0.352 e. The summed E-state index contributed by atoms with van der Waals surface area (Å²) in [4.78, 5) is 22.7. The summed E-state index contributed by atoms with van der Waals surface area (Å²) in [5.41, 5.74) is 0.146. The van der Waals surface area contributed by atoms with E-state index in [4.69, 9.17) is 5.11 Å². The molecule has 1 amide bonds. The molecule has 0 saturated heterocycles. The molecule has 0 aliphatic heterocycles. The van der Waals surface area contributed by atoms with Gasteiger partial charge in [-0.2, -0.15) is 0 Å². The van der Waals surface area contributed by atoms with Gasteiger partial charge in [0.1, 0.15) is 12.2 Å². The smallest absolute Gasteiger partial charge is 0.352 e. The van der Waals surface area contributed by atoms with E-state index in [2.05, 4.69) is 5.32 Å². The minimum Gasteiger partial charge on any atom is -0.477 e. The summed E-state index contributed by atoms with van der Waals surface area (Å²) in [6, 6.07) is 3.13. The molecule has 0 radical (unpaired) electrons. The number of carboxylic acids is 1. The zero-order valence-electron chi connectivity index (χ0n) is 11.0. The number of nitrogens with zero attached hydrogens (tertiary/aromatic N) is 1. The average molecular weight is 264 g/mol. The minimum absolute atomic E-state index is 0.0708. The molecule has 0 unspecified atom stereocenters. The second kappa shape index (κ2) is 6.41. The molecular formula is C14H20N2O3. The Labute approximate surface area is 112 Å². The molecule has 2 N–H and O–H groups in total. The molecule has 1 aliphatic carbocycles. The third-order valence-electron chi connectivity index (χ3n) is 3.68. The Hall–Kier alpha value is -1.78. The van der Waals surface area contributed by atoms with Crippen LogP contribution in [-0.2, 0) is 11.3 Å². The number of carbonyl (C=O) groups is 2. The Morgan fingerprint density at radius 2 is 2.05 bits per heavy atom. The zero-order valence-corrected chi connectivity index (χ0v) is 11.0. The summed E-state index contributed by atoms with van der Waals surface area (Å²) >= 11 is 0. The number of aromatic carboxylic acids is 1. The van der Waals surface area contributed by atoms with E-state index >= 15 is 0 Å². The molecule has 1 fully saturated rings. The van der Waals surface area contributed by atoms with Crippen LogP contribution in [-0.4, -0.2) is 28.1 Å². The van der Waals surface area contributed by atoms with E-state index in [0.717, 1.165) is 0 Å². The Kier molecular flexibility index (Phi) is 4.60. The molecule has 19 heavy (non-hydrogen) atoms. The summed E-state index contributed by atoms with van der Waals surface area (Å²) in [6.45, 7) is 0.782. The largest absolute Gasteiger partial charge is 0.477 e. The second-order valence-corrected chi connectivity index (χ2v) is 5.13. The monoisotopic (exact) mass is 264 g/mol. The van der Waals surface area contributed by atoms with Gasteiger partial charge in [0.15, 0.2) is 0 Å². The van der Waals surface area contributed by atoms with Crippen molar-refractivity contribution in [2.24, 2.45) is 5.92 Å². The molecule has 1 aromatic rings. The first-order chi connectivity index (χ1) is 9.16. The van der Waals surface area contributed by atoms with Gasteiger partial charge < -0.3 is 15.0 Å². The Bertz CT molecular complexity index is 447. The Morgan fingerprint density at radius 3 is 2.74 bits per heavy atom. The lowest BCUT2D eigenvalue weighted by molar-refractivity contribution is -0.121. The van der Waals surface area contributed by atoms with Crippen molar-refractivity contribution in [3.8, 4) is 0 Å². The van der Waals surface area contributed by atoms with Crippen LogP contribution in [0, 0.1) is 5.92 Å². The van der Waals surface area contributed by atoms with Crippen molar-refractivity contribution >= 4 is 11.9 Å². The van der Waals surface area contributed by atoms with E-state index in [0.29, 0.717) is 12.5 Å². The van der Waals surface area contributed by atoms with E-state index < -0.39 is 5.97 Å². The molecule has 2 rings (SSSR count). The lowest BCUT2D eigenvalue weighted by atomic mass is 9.89. The summed E-state index contributed by atoms with van der Waals surface area (Å²) in [7, 11) is 0. The predicted molar refractivity (Wildman–Crippen MR) is 71.0 cm³/mol. The number of hydrogen-bond acceptors (Lipinski definition) is 2. The van der Waals surface area contributed by atoms with Crippen LogP contribution in [0.4, 0.5) is 0 Å². The highest BCUT2D eigenvalue weighted by Crippen LogP contribution is 2.22. The number of hydrogen-bond donors (Lipinski definition) is 2. The Morgan fingerprint density at radius 1 is 1.32 bits per heavy atom. The number of carbonyl (C=O) groups excluding carboxylic acids is 1. The fourth-order valence-electron chi connectivity index (χ4n) is 2.61. The molecule has 0 aromatic carbocycles. The molecule has 5 nitrogen and oxygen atoms in total. The van der Waals surface area contributed by atoms with Crippen LogP contribution in [0.1, 0.15) is 42.6 Å². The van der Waals surface area contributed by atoms with Gasteiger partial charge in [-0.25, -0.2) is 4.79 Å². The molecule has 1 heterocycles. The van der Waals surface area contributed by atoms with Gasteiger partial charge in [0.25, 0.3) is 0 Å². The van der Waals surface area contributed by atoms with Crippen LogP contribution in [0.2, 0.25) is 0 Å². The normalized spacial score (nSPS) is 16.2. The highest BCUT2D eigenvalue weighted by atomic mass is 16.4. The molecule has 0 bridgehead atoms. The maximum atomic E-state index is 11.8. The van der Waals surface area contributed by atoms with Crippen molar-refractivity contribution in [1.29, 1.82) is 0 Å². The van der Waals surface area contributed by atoms with Gasteiger partial charge in [0.05, 0.1) is 0 Å². The first-order valence-corrected chi connectivity index (χ1v) is 6.82. The minimum atomic E-state index is -1.01. The van der Waals surface area contributed by atoms with Gasteiger partial charge in [0.2, 0.25) is 5.91 Å². The Balaban J connectivity index is 1.80. The first kappa shape index (κ1) is 13.6. The standard InChI is InChI=1S/C14H20N2O3/c17-13(15-9-11-5-2-1-3-6-11)10-16-8-4-7-12(16)14(18)19/h4,7-8,11H,1-3,5-6,9-10H2,(H,15,17)(H,18,19). The van der Waals surface area contributed by atoms with Crippen molar-refractivity contribution < 1.29 is 14.7 Å². The molecule has 1 aliphatic rings. The molecule has 104 valence electrons. The van der Waals surface area contributed by atoms with Gasteiger partial charge >= 0.3 is 5.97 Å². The molecular weight excluding hydrogens is 244 g/mol. The van der Waals surface area contributed by atoms with Crippen LogP contribution >= 0.6 is 0 Å². The lowest BCUT2D eigenvalue weighted by Gasteiger charge is -2.21. The summed E-state index contributed by atoms with van der Waals surface area (Å²) in [5, 5.41) is 11.9. The molecule has 1 saturated carbocycles. The second-order valence-electron chi connectivity index (χ2n) is 5.13. The third kappa shape index (κ3) is 3.84. The molecule has 0 atom stereocenters. The summed E-state index contributed by atoms with van der Waals surface area (Å²) in [6.07, 6.45) is 7.79. The molecule has 0 spiro atoms. The topological polar surface area (TPSA) is 71.3 Å². The van der Waals surface area contributed by atoms with Crippen molar-refractivity contribution in [3.05, 3.63) is 24.0 Å². The fourth-order valence-corrected chi connectivity index (χ4v) is 2.61. The molecule has 5 heteroatoms. The average Bonchev–Trinajstić information content (AvgIpc) is 2.86. The number of nitrogens with one attached hydrogen (secondary N) is 1. The number of rotatable bonds is 5. The summed E-state index contributed by atoms with van der Waals surface area (Å²) in [5.74, 6) is -0.546. The van der Waals surface area contributed by atoms with Crippen molar-refractivity contribution in [1.82, 2.24) is 9.88 Å². The van der Waals surface area contributed by atoms with Gasteiger partial charge in [-0.15, -0.1) is 0 Å². The quantitative estimate of drug-likeness (QED) is 0.853. The maximum absolute atomic E-state index is 11.8. The van der Waals surface area contributed by atoms with Gasteiger partial charge in [-0.3, -0.25) is 4.79 Å². The number of carboxylic acid groups (broad SMARTS) is 1. The van der Waals surface area contributed by atoms with Crippen molar-refractivity contribution in [2.75, 3.05) is 6.54 Å². The highest BCUT2D eigenvalue weighted by Gasteiger charge is 2.15. The number of aromatic nitrogens is 1. The summed E-state index contributed by atoms with van der Waals surface area (Å²) < 4.78 is 1.46. The van der Waals surface area contributed by atoms with E-state index in [1.807, 2.05) is 0 Å². The fraction of sp³-hybridized carbons (Fsp3) is 0.571. The van der Waals surface area contributed by atoms with Crippen LogP contribution in [0.5, 0.6) is 0 Å². The predicted octanol–water partition coefficient (Wildman–Crippen LogP) is 1.88. The van der Waals surface area contributed by atoms with Crippen molar-refractivity contribution in [2.45, 2.75) is 38.6 Å². The SMILES string of the molecule is O=C(Cn1cccc1C(=O)O)NCC1CCCCC1. The lowest BCUT2D eigenvalue weighted by Crippen LogP contribution is -2.33. The number of amides is 1. The van der Waals surface area contributed by atoms with Crippen LogP contribution < -0.4 is 5.32 Å². The van der Waals surface area contributed by atoms with E-state index in [1.54, 1.807) is 12.3 Å². The van der Waals surface area contributed by atoms with Crippen LogP contribution in [0.3, 0.4) is 0 Å². The zero-order chi connectivity index (χ0) is 13.7. The van der Waals surface area contributed by atoms with Crippen LogP contribution in [0.15, 0.2) is 18.3 Å². The third-order valence-corrected chi connectivity index (χ3v) is 3.68. The van der Waals surface area contributed by atoms with Gasteiger partial charge in [-0.1, -0.05) is 19.3 Å². The van der Waals surface area contributed by atoms with Gasteiger partial charge in [-0.05, 0) is 30.9 Å². The van der Waals surface area contributed by atoms with E-state index in [9.17, 15) is 9.59 Å². The highest BCUT2D eigenvalue weighted by molar-refractivity contribution is 5.86. The van der Waals surface area contributed by atoms with E-state index in [1.165, 1.54) is 42.7 Å². The first-order valence-electron chi connectivity index (χ1n) is 6.82. The van der Waals surface area contributed by atoms with Crippen LogP contribution in [0.25, 0.3) is 0 Å². The van der Waals surface area contributed by atoms with Crippen molar-refractivity contribution in [3.63, 3.8) is 0 Å². The molecule has 1 aromatic heterocycles. The van der Waals surface area contributed by atoms with Gasteiger partial charge in [0, 0.05) is 12.7 Å². The van der Waals surface area contributed by atoms with E-state index in [-0.39, 0.29) is 18.1 Å².